The Kier molecular flexibility index (Phi) is 3.05. The number of aryl methyl sites for hydroxylation is 1. The topological polar surface area (TPSA) is 47.3 Å². The zero-order valence-electron chi connectivity index (χ0n) is 9.72. The van der Waals surface area contributed by atoms with Gasteiger partial charge in [-0.25, -0.2) is 4.98 Å². The summed E-state index contributed by atoms with van der Waals surface area (Å²) in [4.78, 5) is 16.8. The third-order valence-electron chi connectivity index (χ3n) is 2.54. The van der Waals surface area contributed by atoms with Crippen LogP contribution in [0.4, 0.5) is 0 Å². The normalized spacial score (nSPS) is 12.5. The fraction of sp³-hybridized carbons (Fsp3) is 0.0833. The molecule has 4 nitrogen and oxygen atoms in total. The van der Waals surface area contributed by atoms with Crippen molar-refractivity contribution in [3.8, 4) is 0 Å². The number of halogens is 2. The SMILES string of the molecule is Cc1nc2s/c(=C\c3ccc(Cl)cc3Cl)c(=O)n2n1. The first-order valence-corrected chi connectivity index (χ1v) is 6.95. The summed E-state index contributed by atoms with van der Waals surface area (Å²) in [6.45, 7) is 1.75. The summed E-state index contributed by atoms with van der Waals surface area (Å²) in [5.41, 5.74) is 0.552. The van der Waals surface area contributed by atoms with E-state index in [1.54, 1.807) is 31.2 Å². The molecule has 2 aromatic heterocycles. The van der Waals surface area contributed by atoms with Crippen molar-refractivity contribution in [2.24, 2.45) is 0 Å². The zero-order valence-corrected chi connectivity index (χ0v) is 12.1. The van der Waals surface area contributed by atoms with Gasteiger partial charge in [0.05, 0.1) is 4.53 Å². The van der Waals surface area contributed by atoms with Crippen LogP contribution in [0.5, 0.6) is 0 Å². The van der Waals surface area contributed by atoms with Crippen LogP contribution in [0.25, 0.3) is 11.0 Å². The van der Waals surface area contributed by atoms with Crippen LogP contribution in [0.3, 0.4) is 0 Å². The molecule has 1 aromatic carbocycles. The van der Waals surface area contributed by atoms with Crippen LogP contribution >= 0.6 is 34.5 Å². The molecule has 0 amide bonds. The molecular weight excluding hydrogens is 305 g/mol. The molecule has 0 aliphatic carbocycles. The van der Waals surface area contributed by atoms with E-state index in [1.807, 2.05) is 0 Å². The van der Waals surface area contributed by atoms with Gasteiger partial charge in [0.15, 0.2) is 0 Å². The predicted octanol–water partition coefficient (Wildman–Crippen LogP) is 2.31. The molecule has 0 atom stereocenters. The highest BCUT2D eigenvalue weighted by atomic mass is 35.5. The fourth-order valence-electron chi connectivity index (χ4n) is 1.69. The summed E-state index contributed by atoms with van der Waals surface area (Å²) in [6, 6.07) is 5.14. The lowest BCUT2D eigenvalue weighted by Gasteiger charge is -1.97. The molecular formula is C12H7Cl2N3OS. The number of benzene rings is 1. The van der Waals surface area contributed by atoms with Gasteiger partial charge >= 0.3 is 0 Å². The Hall–Kier alpha value is -1.43. The average molecular weight is 312 g/mol. The molecule has 0 spiro atoms. The number of aromatic nitrogens is 3. The predicted molar refractivity (Wildman–Crippen MR) is 77.1 cm³/mol. The third kappa shape index (κ3) is 2.25. The second kappa shape index (κ2) is 4.59. The lowest BCUT2D eigenvalue weighted by molar-refractivity contribution is 0.904. The molecule has 3 aromatic rings. The monoisotopic (exact) mass is 311 g/mol. The average Bonchev–Trinajstić information content (AvgIpc) is 2.83. The third-order valence-corrected chi connectivity index (χ3v) is 4.06. The zero-order chi connectivity index (χ0) is 13.6. The molecule has 0 saturated carbocycles. The van der Waals surface area contributed by atoms with E-state index >= 15 is 0 Å². The van der Waals surface area contributed by atoms with Crippen LogP contribution < -0.4 is 10.1 Å². The summed E-state index contributed by atoms with van der Waals surface area (Å²) >= 11 is 13.2. The van der Waals surface area contributed by atoms with Crippen LogP contribution in [0.1, 0.15) is 11.4 Å². The molecule has 0 aliphatic heterocycles. The van der Waals surface area contributed by atoms with E-state index in [9.17, 15) is 4.79 Å². The minimum Gasteiger partial charge on any atom is -0.266 e. The Labute approximate surface area is 121 Å². The van der Waals surface area contributed by atoms with Gasteiger partial charge in [-0.05, 0) is 30.7 Å². The van der Waals surface area contributed by atoms with Crippen molar-refractivity contribution >= 4 is 45.6 Å². The first-order chi connectivity index (χ1) is 9.04. The molecule has 0 radical (unpaired) electrons. The quantitative estimate of drug-likeness (QED) is 0.693. The molecule has 0 fully saturated rings. The first-order valence-electron chi connectivity index (χ1n) is 5.37. The second-order valence-corrected chi connectivity index (χ2v) is 5.79. The molecule has 0 N–H and O–H groups in total. The van der Waals surface area contributed by atoms with Gasteiger partial charge in [-0.2, -0.15) is 4.52 Å². The van der Waals surface area contributed by atoms with E-state index in [0.29, 0.717) is 25.4 Å². The second-order valence-electron chi connectivity index (χ2n) is 3.94. The Morgan fingerprint density at radius 3 is 2.84 bits per heavy atom. The van der Waals surface area contributed by atoms with Crippen LogP contribution in [-0.4, -0.2) is 14.6 Å². The standard InChI is InChI=1S/C12H7Cl2N3OS/c1-6-15-12-17(16-6)11(18)10(19-12)4-7-2-3-8(13)5-9(7)14/h2-5H,1H3/b10-4-. The maximum absolute atomic E-state index is 12.1. The van der Waals surface area contributed by atoms with Crippen molar-refractivity contribution in [1.82, 2.24) is 14.6 Å². The van der Waals surface area contributed by atoms with E-state index in [0.717, 1.165) is 5.56 Å². The van der Waals surface area contributed by atoms with E-state index < -0.39 is 0 Å². The molecule has 7 heteroatoms. The molecule has 3 rings (SSSR count). The largest absolute Gasteiger partial charge is 0.291 e. The van der Waals surface area contributed by atoms with Crippen molar-refractivity contribution in [3.63, 3.8) is 0 Å². The van der Waals surface area contributed by atoms with Crippen LogP contribution in [0, 0.1) is 6.92 Å². The Bertz CT molecular complexity index is 884. The van der Waals surface area contributed by atoms with Gasteiger partial charge in [0.25, 0.3) is 5.56 Å². The minimum absolute atomic E-state index is 0.188. The molecule has 0 unspecified atom stereocenters. The highest BCUT2D eigenvalue weighted by molar-refractivity contribution is 7.15. The van der Waals surface area contributed by atoms with Gasteiger partial charge in [-0.15, -0.1) is 5.10 Å². The van der Waals surface area contributed by atoms with Crippen LogP contribution in [0.2, 0.25) is 10.0 Å². The molecule has 19 heavy (non-hydrogen) atoms. The van der Waals surface area contributed by atoms with Crippen molar-refractivity contribution in [1.29, 1.82) is 0 Å². The van der Waals surface area contributed by atoms with Gasteiger partial charge in [-0.1, -0.05) is 40.6 Å². The molecule has 96 valence electrons. The van der Waals surface area contributed by atoms with Gasteiger partial charge in [0, 0.05) is 10.0 Å². The number of nitrogens with zero attached hydrogens (tertiary/aromatic N) is 3. The number of fused-ring (bicyclic) bond motifs is 1. The lowest BCUT2D eigenvalue weighted by atomic mass is 10.2. The van der Waals surface area contributed by atoms with E-state index in [-0.39, 0.29) is 5.56 Å². The highest BCUT2D eigenvalue weighted by Crippen LogP contribution is 2.21. The Balaban J connectivity index is 2.23. The molecule has 0 saturated heterocycles. The van der Waals surface area contributed by atoms with E-state index in [4.69, 9.17) is 23.2 Å². The smallest absolute Gasteiger partial charge is 0.266 e. The summed E-state index contributed by atoms with van der Waals surface area (Å²) in [6.07, 6.45) is 1.72. The van der Waals surface area contributed by atoms with Gasteiger partial charge < -0.3 is 0 Å². The number of hydrogen-bond donors (Lipinski definition) is 0. The molecule has 0 bridgehead atoms. The summed E-state index contributed by atoms with van der Waals surface area (Å²) < 4.78 is 1.84. The summed E-state index contributed by atoms with van der Waals surface area (Å²) in [5.74, 6) is 0.583. The highest BCUT2D eigenvalue weighted by Gasteiger charge is 2.08. The van der Waals surface area contributed by atoms with E-state index in [1.165, 1.54) is 15.9 Å². The van der Waals surface area contributed by atoms with Crippen molar-refractivity contribution in [3.05, 3.63) is 54.5 Å². The maximum Gasteiger partial charge on any atom is 0.291 e. The van der Waals surface area contributed by atoms with E-state index in [2.05, 4.69) is 10.1 Å². The maximum atomic E-state index is 12.1. The van der Waals surface area contributed by atoms with Crippen LogP contribution in [-0.2, 0) is 0 Å². The summed E-state index contributed by atoms with van der Waals surface area (Å²) in [5, 5.41) is 5.10. The Morgan fingerprint density at radius 1 is 1.37 bits per heavy atom. The fourth-order valence-corrected chi connectivity index (χ4v) is 3.10. The van der Waals surface area contributed by atoms with Gasteiger partial charge in [-0.3, -0.25) is 4.79 Å². The van der Waals surface area contributed by atoms with Gasteiger partial charge in [0.2, 0.25) is 4.96 Å². The number of thiazole rings is 1. The van der Waals surface area contributed by atoms with Crippen molar-refractivity contribution in [2.75, 3.05) is 0 Å². The first kappa shape index (κ1) is 12.6. The van der Waals surface area contributed by atoms with Gasteiger partial charge in [0.1, 0.15) is 5.82 Å². The van der Waals surface area contributed by atoms with Crippen molar-refractivity contribution in [2.45, 2.75) is 6.92 Å². The van der Waals surface area contributed by atoms with Crippen LogP contribution in [0.15, 0.2) is 23.0 Å². The number of rotatable bonds is 1. The number of hydrogen-bond acceptors (Lipinski definition) is 4. The van der Waals surface area contributed by atoms with Crippen molar-refractivity contribution < 1.29 is 0 Å². The minimum atomic E-state index is -0.188. The Morgan fingerprint density at radius 2 is 2.16 bits per heavy atom. The lowest BCUT2D eigenvalue weighted by Crippen LogP contribution is -2.23. The molecule has 0 aliphatic rings. The summed E-state index contributed by atoms with van der Waals surface area (Å²) in [7, 11) is 0. The molecule has 2 heterocycles.